The van der Waals surface area contributed by atoms with Crippen molar-refractivity contribution in [3.8, 4) is 0 Å². The highest BCUT2D eigenvalue weighted by molar-refractivity contribution is 6.60. The Morgan fingerprint density at radius 3 is 2.33 bits per heavy atom. The van der Waals surface area contributed by atoms with Crippen LogP contribution in [0.25, 0.3) is 0 Å². The summed E-state index contributed by atoms with van der Waals surface area (Å²) < 4.78 is 16.1. The minimum atomic E-state index is -2.59. The van der Waals surface area contributed by atoms with Gasteiger partial charge < -0.3 is 23.9 Å². The number of nitrogens with one attached hydrogen (secondary N) is 2. The molecular formula is C18H35N3O5Si. The summed E-state index contributed by atoms with van der Waals surface area (Å²) in [6, 6.07) is 0.402. The van der Waals surface area contributed by atoms with Gasteiger partial charge in [0.25, 0.3) is 0 Å². The number of nitrogens with zero attached hydrogens (tertiary/aromatic N) is 1. The molecule has 0 spiro atoms. The first-order valence-electron chi connectivity index (χ1n) is 9.37. The topological polar surface area (TPSA) is 98.2 Å². The van der Waals surface area contributed by atoms with Crippen LogP contribution in [0.4, 0.5) is 4.79 Å². The predicted octanol–water partition coefficient (Wildman–Crippen LogP) is 2.47. The summed E-state index contributed by atoms with van der Waals surface area (Å²) in [7, 11) is 2.14. The quantitative estimate of drug-likeness (QED) is 0.254. The molecule has 2 unspecified atom stereocenters. The van der Waals surface area contributed by atoms with E-state index in [1.165, 1.54) is 0 Å². The van der Waals surface area contributed by atoms with E-state index < -0.39 is 8.80 Å². The van der Waals surface area contributed by atoms with Crippen LogP contribution in [0.1, 0.15) is 46.5 Å². The number of rotatable bonds is 10. The van der Waals surface area contributed by atoms with Crippen LogP contribution in [0.15, 0.2) is 4.99 Å². The maximum Gasteiger partial charge on any atom is 0.500 e. The minimum Gasteiger partial charge on any atom is -0.377 e. The van der Waals surface area contributed by atoms with Gasteiger partial charge in [-0.1, -0.05) is 20.8 Å². The lowest BCUT2D eigenvalue weighted by Gasteiger charge is -2.45. The summed E-state index contributed by atoms with van der Waals surface area (Å²) in [4.78, 5) is 26.7. The van der Waals surface area contributed by atoms with Crippen LogP contribution in [0.2, 0.25) is 6.04 Å². The molecule has 0 bridgehead atoms. The zero-order valence-corrected chi connectivity index (χ0v) is 18.5. The molecule has 1 rings (SSSR count). The number of hydrogen-bond acceptors (Lipinski definition) is 6. The molecule has 2 amide bonds. The fraction of sp³-hybridized carbons (Fsp3) is 0.889. The van der Waals surface area contributed by atoms with Crippen LogP contribution in [0.3, 0.4) is 0 Å². The molecule has 2 atom stereocenters. The van der Waals surface area contributed by atoms with E-state index in [1.807, 2.05) is 0 Å². The Morgan fingerprint density at radius 2 is 1.78 bits per heavy atom. The second kappa shape index (κ2) is 10.3. The number of isocyanates is 1. The van der Waals surface area contributed by atoms with Crippen molar-refractivity contribution in [3.05, 3.63) is 0 Å². The Hall–Kier alpha value is -1.25. The van der Waals surface area contributed by atoms with Crippen molar-refractivity contribution in [2.24, 2.45) is 15.8 Å². The van der Waals surface area contributed by atoms with E-state index in [4.69, 9.17) is 13.3 Å². The number of carbonyl (C=O) groups is 1. The first-order valence-corrected chi connectivity index (χ1v) is 11.3. The highest BCUT2D eigenvalue weighted by Crippen LogP contribution is 2.46. The van der Waals surface area contributed by atoms with Gasteiger partial charge in [-0.05, 0) is 36.5 Å². The Balaban J connectivity index is 2.43. The summed E-state index contributed by atoms with van der Waals surface area (Å²) in [6.45, 7) is 7.54. The van der Waals surface area contributed by atoms with Crippen LogP contribution in [-0.4, -0.2) is 61.4 Å². The summed E-state index contributed by atoms with van der Waals surface area (Å²) in [6.07, 6.45) is 5.00. The molecule has 0 aromatic carbocycles. The average molecular weight is 402 g/mol. The van der Waals surface area contributed by atoms with E-state index in [2.05, 4.69) is 36.4 Å². The summed E-state index contributed by atoms with van der Waals surface area (Å²) in [5, 5.41) is 5.82. The van der Waals surface area contributed by atoms with Crippen molar-refractivity contribution >= 4 is 20.9 Å². The lowest BCUT2D eigenvalue weighted by molar-refractivity contribution is 0.0850. The molecule has 0 heterocycles. The van der Waals surface area contributed by atoms with Gasteiger partial charge in [-0.25, -0.2) is 14.6 Å². The molecule has 1 saturated carbocycles. The average Bonchev–Trinajstić information content (AvgIpc) is 2.59. The van der Waals surface area contributed by atoms with Crippen molar-refractivity contribution in [2.75, 3.05) is 34.4 Å². The molecule has 0 aliphatic heterocycles. The van der Waals surface area contributed by atoms with Crippen molar-refractivity contribution in [1.29, 1.82) is 0 Å². The van der Waals surface area contributed by atoms with Crippen molar-refractivity contribution in [3.63, 3.8) is 0 Å². The molecule has 9 heteroatoms. The molecule has 0 aromatic heterocycles. The second-order valence-electron chi connectivity index (χ2n) is 8.44. The standard InChI is InChI=1S/C18H35N3O5Si/c1-17(2)10-15(21-14-22)11-18(3,12-17)13-20-16(23)19-8-7-9-27(24-4,25-5)26-6/h15H,7-13H2,1-6H3,(H2,19,20,23). The number of carbonyl (C=O) groups excluding carboxylic acids is 2. The molecule has 1 fully saturated rings. The van der Waals surface area contributed by atoms with Crippen molar-refractivity contribution in [2.45, 2.75) is 58.5 Å². The number of urea groups is 1. The third-order valence-electron chi connectivity index (χ3n) is 5.21. The van der Waals surface area contributed by atoms with Gasteiger partial charge in [0.1, 0.15) is 0 Å². The Bertz CT molecular complexity index is 527. The lowest BCUT2D eigenvalue weighted by Crippen LogP contribution is -2.47. The van der Waals surface area contributed by atoms with E-state index in [0.717, 1.165) is 19.3 Å². The zero-order chi connectivity index (χ0) is 20.6. The van der Waals surface area contributed by atoms with Crippen LogP contribution >= 0.6 is 0 Å². The third-order valence-corrected chi connectivity index (χ3v) is 8.04. The molecule has 27 heavy (non-hydrogen) atoms. The maximum absolute atomic E-state index is 12.1. The molecule has 1 aliphatic rings. The molecule has 8 nitrogen and oxygen atoms in total. The predicted molar refractivity (Wildman–Crippen MR) is 105 cm³/mol. The van der Waals surface area contributed by atoms with Gasteiger partial charge in [-0.3, -0.25) is 0 Å². The maximum atomic E-state index is 12.1. The van der Waals surface area contributed by atoms with Crippen molar-refractivity contribution in [1.82, 2.24) is 10.6 Å². The summed E-state index contributed by atoms with van der Waals surface area (Å²) in [5.41, 5.74) is -0.0289. The minimum absolute atomic E-state index is 0.0312. The SMILES string of the molecule is CO[Si](CCCNC(=O)NCC1(C)CC(N=C=O)CC(C)(C)C1)(OC)OC. The Labute approximate surface area is 163 Å². The number of aliphatic imine (C=N–C) groups is 1. The van der Waals surface area contributed by atoms with E-state index in [1.54, 1.807) is 27.4 Å². The van der Waals surface area contributed by atoms with Gasteiger partial charge in [0.05, 0.1) is 6.04 Å². The van der Waals surface area contributed by atoms with Crippen LogP contribution in [0.5, 0.6) is 0 Å². The first-order chi connectivity index (χ1) is 12.6. The van der Waals surface area contributed by atoms with Gasteiger partial charge in [-0.15, -0.1) is 0 Å². The molecule has 0 radical (unpaired) electrons. The van der Waals surface area contributed by atoms with Gasteiger partial charge in [0.15, 0.2) is 0 Å². The number of amides is 2. The van der Waals surface area contributed by atoms with Crippen LogP contribution in [0, 0.1) is 10.8 Å². The molecule has 0 aromatic rings. The molecule has 1 aliphatic carbocycles. The van der Waals surface area contributed by atoms with Crippen LogP contribution < -0.4 is 10.6 Å². The van der Waals surface area contributed by atoms with E-state index in [-0.39, 0.29) is 22.9 Å². The normalized spacial score (nSPS) is 24.7. The van der Waals surface area contributed by atoms with Gasteiger partial charge in [-0.2, -0.15) is 0 Å². The van der Waals surface area contributed by atoms with E-state index in [9.17, 15) is 9.59 Å². The Morgan fingerprint density at radius 1 is 1.15 bits per heavy atom. The van der Waals surface area contributed by atoms with Gasteiger partial charge in [0, 0.05) is 40.5 Å². The summed E-state index contributed by atoms with van der Waals surface area (Å²) in [5.74, 6) is 0. The fourth-order valence-electron chi connectivity index (χ4n) is 4.30. The third kappa shape index (κ3) is 7.71. The van der Waals surface area contributed by atoms with Gasteiger partial charge in [0.2, 0.25) is 6.08 Å². The highest BCUT2D eigenvalue weighted by atomic mass is 28.4. The monoisotopic (exact) mass is 401 g/mol. The summed E-state index contributed by atoms with van der Waals surface area (Å²) >= 11 is 0. The lowest BCUT2D eigenvalue weighted by atomic mass is 9.63. The van der Waals surface area contributed by atoms with Crippen LogP contribution in [-0.2, 0) is 18.1 Å². The van der Waals surface area contributed by atoms with E-state index >= 15 is 0 Å². The molecular weight excluding hydrogens is 366 g/mol. The zero-order valence-electron chi connectivity index (χ0n) is 17.5. The van der Waals surface area contributed by atoms with Crippen molar-refractivity contribution < 1.29 is 22.9 Å². The molecule has 2 N–H and O–H groups in total. The Kier molecular flexibility index (Phi) is 9.10. The van der Waals surface area contributed by atoms with Gasteiger partial charge >= 0.3 is 14.8 Å². The molecule has 156 valence electrons. The number of hydrogen-bond donors (Lipinski definition) is 2. The first kappa shape index (κ1) is 23.8. The largest absolute Gasteiger partial charge is 0.500 e. The molecule has 0 saturated heterocycles. The van der Waals surface area contributed by atoms with E-state index in [0.29, 0.717) is 25.6 Å². The second-order valence-corrected chi connectivity index (χ2v) is 11.5. The smallest absolute Gasteiger partial charge is 0.377 e. The fourth-order valence-corrected chi connectivity index (χ4v) is 6.02. The highest BCUT2D eigenvalue weighted by Gasteiger charge is 2.41.